The zero-order valence-electron chi connectivity index (χ0n) is 27.8. The summed E-state index contributed by atoms with van der Waals surface area (Å²) in [6, 6.07) is 0. The lowest BCUT2D eigenvalue weighted by Crippen LogP contribution is -2.65. The van der Waals surface area contributed by atoms with Gasteiger partial charge in [-0.3, -0.25) is 14.4 Å². The summed E-state index contributed by atoms with van der Waals surface area (Å²) in [5.41, 5.74) is 0. The second-order valence-corrected chi connectivity index (χ2v) is 12.6. The first-order valence-corrected chi connectivity index (χ1v) is 16.9. The number of hydrogen-bond acceptors (Lipinski definition) is 14. The van der Waals surface area contributed by atoms with Gasteiger partial charge in [-0.1, -0.05) is 44.3 Å². The molecule has 4 N–H and O–H groups in total. The van der Waals surface area contributed by atoms with E-state index in [2.05, 4.69) is 12.2 Å². The molecule has 0 aliphatic carbocycles. The van der Waals surface area contributed by atoms with E-state index in [-0.39, 0.29) is 19.1 Å². The van der Waals surface area contributed by atoms with E-state index in [9.17, 15) is 34.8 Å². The van der Waals surface area contributed by atoms with Gasteiger partial charge >= 0.3 is 17.9 Å². The monoisotopic (exact) mass is 674 g/mol. The van der Waals surface area contributed by atoms with Crippen molar-refractivity contribution in [3.05, 3.63) is 12.2 Å². The van der Waals surface area contributed by atoms with E-state index in [1.807, 2.05) is 6.92 Å². The number of ether oxygens (including phenoxy) is 7. The molecule has 4 rings (SSSR count). The molecule has 14 heteroatoms. The van der Waals surface area contributed by atoms with Crippen molar-refractivity contribution in [3.8, 4) is 0 Å². The summed E-state index contributed by atoms with van der Waals surface area (Å²) < 4.78 is 39.5. The summed E-state index contributed by atoms with van der Waals surface area (Å²) in [6.45, 7) is 3.41. The summed E-state index contributed by atoms with van der Waals surface area (Å²) in [4.78, 5) is 35.8. The molecule has 2 saturated heterocycles. The molecule has 11 atom stereocenters. The van der Waals surface area contributed by atoms with Crippen molar-refractivity contribution in [1.29, 1.82) is 0 Å². The fourth-order valence-corrected chi connectivity index (χ4v) is 5.83. The standard InChI is InChI=1S/C33H54O14/c1-20-16-14-12-10-8-6-4-5-7-9-11-13-15-17-25(36)46-30-24(19-42-22(3)35)45-32(29(40)28(30)39)47-31-27(38)26(37)23(18-41-21(2)34)44-33(31)43-20/h4,6,20,23-24,26-33,37-40H,5,7-19H2,1-3H3/b6-4-/t20-,23+,24+,26+,27-,28+,29+,30+,31+,32-,33+/m0/s1. The fourth-order valence-electron chi connectivity index (χ4n) is 5.83. The molecular weight excluding hydrogens is 620 g/mol. The zero-order chi connectivity index (χ0) is 34.3. The van der Waals surface area contributed by atoms with Crippen molar-refractivity contribution in [2.75, 3.05) is 13.2 Å². The van der Waals surface area contributed by atoms with Crippen molar-refractivity contribution < 1.29 is 68.0 Å². The van der Waals surface area contributed by atoms with Crippen LogP contribution in [-0.4, -0.2) is 119 Å². The molecule has 0 saturated carbocycles. The quantitative estimate of drug-likeness (QED) is 0.192. The van der Waals surface area contributed by atoms with Crippen LogP contribution in [-0.2, 0) is 47.5 Å². The van der Waals surface area contributed by atoms with E-state index in [0.29, 0.717) is 12.8 Å². The summed E-state index contributed by atoms with van der Waals surface area (Å²) in [5, 5.41) is 44.1. The predicted molar refractivity (Wildman–Crippen MR) is 164 cm³/mol. The molecule has 0 aromatic carbocycles. The zero-order valence-corrected chi connectivity index (χ0v) is 27.8. The normalized spacial score (nSPS) is 38.1. The van der Waals surface area contributed by atoms with Gasteiger partial charge in [-0.25, -0.2) is 0 Å². The number of esters is 3. The number of aliphatic hydroxyl groups excluding tert-OH is 4. The average Bonchev–Trinajstić information content (AvgIpc) is 3.02. The Morgan fingerprint density at radius 2 is 1.23 bits per heavy atom. The van der Waals surface area contributed by atoms with Crippen molar-refractivity contribution in [2.24, 2.45) is 0 Å². The molecule has 270 valence electrons. The van der Waals surface area contributed by atoms with E-state index in [4.69, 9.17) is 33.2 Å². The summed E-state index contributed by atoms with van der Waals surface area (Å²) in [6.07, 6.45) is -0.804. The van der Waals surface area contributed by atoms with Crippen LogP contribution in [0.25, 0.3) is 0 Å². The molecule has 2 fully saturated rings. The fraction of sp³-hybridized carbons (Fsp3) is 0.848. The van der Waals surface area contributed by atoms with Gasteiger partial charge in [0.25, 0.3) is 0 Å². The maximum absolute atomic E-state index is 12.7. The minimum atomic E-state index is -1.79. The average molecular weight is 675 g/mol. The second-order valence-electron chi connectivity index (χ2n) is 12.6. The molecule has 4 aliphatic heterocycles. The number of fused-ring (bicyclic) bond motifs is 18. The molecule has 4 aliphatic rings. The minimum Gasteiger partial charge on any atom is -0.463 e. The van der Waals surface area contributed by atoms with Crippen LogP contribution in [0.1, 0.15) is 97.8 Å². The van der Waals surface area contributed by atoms with Gasteiger partial charge in [0, 0.05) is 20.3 Å². The third kappa shape index (κ3) is 13.0. The summed E-state index contributed by atoms with van der Waals surface area (Å²) >= 11 is 0. The smallest absolute Gasteiger partial charge is 0.306 e. The first-order chi connectivity index (χ1) is 22.5. The Bertz CT molecular complexity index is 990. The molecule has 2 bridgehead atoms. The number of hydrogen-bond donors (Lipinski definition) is 4. The largest absolute Gasteiger partial charge is 0.463 e. The number of allylic oxidation sites excluding steroid dienone is 2. The van der Waals surface area contributed by atoms with Crippen LogP contribution in [0.3, 0.4) is 0 Å². The van der Waals surface area contributed by atoms with Gasteiger partial charge in [0.1, 0.15) is 55.9 Å². The van der Waals surface area contributed by atoms with Crippen LogP contribution in [0.4, 0.5) is 0 Å². The molecule has 14 nitrogen and oxygen atoms in total. The highest BCUT2D eigenvalue weighted by Gasteiger charge is 2.52. The van der Waals surface area contributed by atoms with Crippen molar-refractivity contribution in [2.45, 2.75) is 165 Å². The maximum atomic E-state index is 12.7. The maximum Gasteiger partial charge on any atom is 0.306 e. The molecular formula is C33H54O14. The van der Waals surface area contributed by atoms with E-state index in [0.717, 1.165) is 57.8 Å². The predicted octanol–water partition coefficient (Wildman–Crippen LogP) is 1.96. The highest BCUT2D eigenvalue weighted by atomic mass is 16.8. The van der Waals surface area contributed by atoms with Crippen molar-refractivity contribution in [3.63, 3.8) is 0 Å². The van der Waals surface area contributed by atoms with Crippen LogP contribution in [0.15, 0.2) is 12.2 Å². The van der Waals surface area contributed by atoms with E-state index in [1.165, 1.54) is 13.8 Å². The van der Waals surface area contributed by atoms with E-state index >= 15 is 0 Å². The van der Waals surface area contributed by atoms with Gasteiger partial charge in [0.05, 0.1) is 6.10 Å². The molecule has 0 unspecified atom stereocenters. The van der Waals surface area contributed by atoms with Gasteiger partial charge in [0.2, 0.25) is 0 Å². The topological polar surface area (TPSA) is 197 Å². The number of carbonyl (C=O) groups is 3. The Labute approximate surface area is 276 Å². The van der Waals surface area contributed by atoms with Crippen LogP contribution < -0.4 is 0 Å². The number of aliphatic hydroxyl groups is 4. The Hall–Kier alpha value is -2.17. The second kappa shape index (κ2) is 20.4. The van der Waals surface area contributed by atoms with Gasteiger partial charge in [-0.05, 0) is 45.4 Å². The molecule has 0 aromatic heterocycles. The SMILES string of the molecule is CC(=O)OC[C@H]1O[C@H]2O[C@@H](C)CCCCC/C=C\CCCCCCCC(=O)O[C@H]3[C@H](O)[C@@H](O)[C@H](O[C@@H]2[C@@H](O)[C@@H]1O)O[C@@H]3COC(C)=O. The van der Waals surface area contributed by atoms with Gasteiger partial charge in [-0.2, -0.15) is 0 Å². The highest BCUT2D eigenvalue weighted by molar-refractivity contribution is 5.69. The Morgan fingerprint density at radius 3 is 1.89 bits per heavy atom. The van der Waals surface area contributed by atoms with E-state index in [1.54, 1.807) is 0 Å². The minimum absolute atomic E-state index is 0.0919. The highest BCUT2D eigenvalue weighted by Crippen LogP contribution is 2.32. The Morgan fingerprint density at radius 1 is 0.681 bits per heavy atom. The van der Waals surface area contributed by atoms with E-state index < -0.39 is 85.9 Å². The molecule has 47 heavy (non-hydrogen) atoms. The number of rotatable bonds is 4. The molecule has 0 radical (unpaired) electrons. The van der Waals surface area contributed by atoms with Gasteiger partial charge in [0.15, 0.2) is 18.7 Å². The Kier molecular flexibility index (Phi) is 17.0. The summed E-state index contributed by atoms with van der Waals surface area (Å²) in [7, 11) is 0. The van der Waals surface area contributed by atoms with Crippen molar-refractivity contribution >= 4 is 17.9 Å². The van der Waals surface area contributed by atoms with Crippen LogP contribution in [0, 0.1) is 0 Å². The lowest BCUT2D eigenvalue weighted by Gasteiger charge is -2.47. The van der Waals surface area contributed by atoms with Crippen molar-refractivity contribution in [1.82, 2.24) is 0 Å². The molecule has 0 spiro atoms. The van der Waals surface area contributed by atoms with Crippen LogP contribution in [0.2, 0.25) is 0 Å². The van der Waals surface area contributed by atoms with Crippen LogP contribution in [0.5, 0.6) is 0 Å². The molecule has 0 aromatic rings. The van der Waals surface area contributed by atoms with Gasteiger partial charge < -0.3 is 53.6 Å². The molecule has 0 amide bonds. The Balaban J connectivity index is 1.82. The third-order valence-electron chi connectivity index (χ3n) is 8.51. The third-order valence-corrected chi connectivity index (χ3v) is 8.51. The molecule has 4 heterocycles. The first kappa shape index (κ1) is 39.3. The lowest BCUT2D eigenvalue weighted by atomic mass is 9.97. The van der Waals surface area contributed by atoms with Gasteiger partial charge in [-0.15, -0.1) is 0 Å². The van der Waals surface area contributed by atoms with Crippen LogP contribution >= 0.6 is 0 Å². The number of carbonyl (C=O) groups excluding carboxylic acids is 3. The lowest BCUT2D eigenvalue weighted by molar-refractivity contribution is -0.371. The first-order valence-electron chi connectivity index (χ1n) is 16.9. The summed E-state index contributed by atoms with van der Waals surface area (Å²) in [5.74, 6) is -1.86.